The molecular formula is C17H32N2O. The quantitative estimate of drug-likeness (QED) is 0.751. The molecule has 0 aromatic heterocycles. The topological polar surface area (TPSA) is 35.5 Å². The minimum Gasteiger partial charge on any atom is -0.396 e. The van der Waals surface area contributed by atoms with Crippen LogP contribution in [-0.4, -0.2) is 48.3 Å². The molecule has 116 valence electrons. The van der Waals surface area contributed by atoms with Crippen LogP contribution in [0.1, 0.15) is 57.8 Å². The van der Waals surface area contributed by atoms with Crippen LogP contribution in [0.4, 0.5) is 0 Å². The van der Waals surface area contributed by atoms with E-state index in [0.29, 0.717) is 12.6 Å². The van der Waals surface area contributed by atoms with E-state index in [1.54, 1.807) is 0 Å². The van der Waals surface area contributed by atoms with Crippen molar-refractivity contribution in [2.45, 2.75) is 69.9 Å². The number of aliphatic hydroxyl groups excluding tert-OH is 1. The highest BCUT2D eigenvalue weighted by Crippen LogP contribution is 2.32. The zero-order chi connectivity index (χ0) is 13.8. The first-order valence-electron chi connectivity index (χ1n) is 8.92. The first kappa shape index (κ1) is 14.8. The largest absolute Gasteiger partial charge is 0.396 e. The molecule has 3 nitrogen and oxygen atoms in total. The van der Waals surface area contributed by atoms with E-state index >= 15 is 0 Å². The average Bonchev–Trinajstić information content (AvgIpc) is 3.10. The van der Waals surface area contributed by atoms with Crippen LogP contribution in [0.3, 0.4) is 0 Å². The van der Waals surface area contributed by atoms with Gasteiger partial charge in [0.25, 0.3) is 0 Å². The number of rotatable bonds is 7. The lowest BCUT2D eigenvalue weighted by Gasteiger charge is -2.39. The standard InChI is InChI=1S/C17H32N2O/c20-9-3-4-15-10-17(18-16-5-1-2-6-16)13-19(12-15)11-14-7-8-14/h14-18,20H,1-13H2. The maximum Gasteiger partial charge on any atom is 0.0431 e. The summed E-state index contributed by atoms with van der Waals surface area (Å²) in [5, 5.41) is 13.0. The van der Waals surface area contributed by atoms with Gasteiger partial charge in [-0.3, -0.25) is 0 Å². The maximum absolute atomic E-state index is 9.08. The second kappa shape index (κ2) is 7.24. The summed E-state index contributed by atoms with van der Waals surface area (Å²) in [5.41, 5.74) is 0. The fourth-order valence-electron chi connectivity index (χ4n) is 4.25. The summed E-state index contributed by atoms with van der Waals surface area (Å²) in [7, 11) is 0. The Bertz CT molecular complexity index is 287. The summed E-state index contributed by atoms with van der Waals surface area (Å²) in [4.78, 5) is 2.72. The van der Waals surface area contributed by atoms with E-state index in [2.05, 4.69) is 10.2 Å². The maximum atomic E-state index is 9.08. The third-order valence-electron chi connectivity index (χ3n) is 5.42. The van der Waals surface area contributed by atoms with E-state index in [4.69, 9.17) is 5.11 Å². The molecule has 0 aromatic carbocycles. The fourth-order valence-corrected chi connectivity index (χ4v) is 4.25. The van der Waals surface area contributed by atoms with Gasteiger partial charge in [0.1, 0.15) is 0 Å². The van der Waals surface area contributed by atoms with Crippen LogP contribution in [-0.2, 0) is 0 Å². The average molecular weight is 280 g/mol. The number of piperidine rings is 1. The third-order valence-corrected chi connectivity index (χ3v) is 5.42. The lowest BCUT2D eigenvalue weighted by Crippen LogP contribution is -2.51. The third kappa shape index (κ3) is 4.44. The lowest BCUT2D eigenvalue weighted by molar-refractivity contribution is 0.120. The van der Waals surface area contributed by atoms with Crippen molar-refractivity contribution in [1.82, 2.24) is 10.2 Å². The summed E-state index contributed by atoms with van der Waals surface area (Å²) >= 11 is 0. The molecule has 3 aliphatic rings. The molecule has 3 rings (SSSR count). The van der Waals surface area contributed by atoms with E-state index in [-0.39, 0.29) is 0 Å². The molecule has 0 aromatic rings. The Labute approximate surface area is 124 Å². The van der Waals surface area contributed by atoms with Crippen LogP contribution >= 0.6 is 0 Å². The molecule has 2 atom stereocenters. The number of likely N-dealkylation sites (tertiary alicyclic amines) is 1. The van der Waals surface area contributed by atoms with Gasteiger partial charge in [0, 0.05) is 38.3 Å². The van der Waals surface area contributed by atoms with E-state index < -0.39 is 0 Å². The van der Waals surface area contributed by atoms with Gasteiger partial charge in [-0.05, 0) is 56.8 Å². The smallest absolute Gasteiger partial charge is 0.0431 e. The molecule has 2 N–H and O–H groups in total. The SMILES string of the molecule is OCCCC1CC(NC2CCCC2)CN(CC2CC2)C1. The van der Waals surface area contributed by atoms with Gasteiger partial charge in [-0.15, -0.1) is 0 Å². The van der Waals surface area contributed by atoms with Crippen LogP contribution in [0.25, 0.3) is 0 Å². The molecule has 1 aliphatic heterocycles. The Kier molecular flexibility index (Phi) is 5.36. The van der Waals surface area contributed by atoms with Crippen molar-refractivity contribution in [3.63, 3.8) is 0 Å². The fraction of sp³-hybridized carbons (Fsp3) is 1.00. The van der Waals surface area contributed by atoms with Gasteiger partial charge in [0.15, 0.2) is 0 Å². The first-order valence-corrected chi connectivity index (χ1v) is 8.92. The molecule has 1 saturated heterocycles. The minimum atomic E-state index is 0.361. The highest BCUT2D eigenvalue weighted by Gasteiger charge is 2.32. The molecular weight excluding hydrogens is 248 g/mol. The Morgan fingerprint density at radius 3 is 2.45 bits per heavy atom. The van der Waals surface area contributed by atoms with Crippen molar-refractivity contribution >= 4 is 0 Å². The predicted octanol–water partition coefficient (Wildman–Crippen LogP) is 2.39. The second-order valence-electron chi connectivity index (χ2n) is 7.47. The number of hydrogen-bond donors (Lipinski definition) is 2. The number of nitrogens with zero attached hydrogens (tertiary/aromatic N) is 1. The summed E-state index contributed by atoms with van der Waals surface area (Å²) in [6, 6.07) is 1.49. The molecule has 0 bridgehead atoms. The molecule has 20 heavy (non-hydrogen) atoms. The van der Waals surface area contributed by atoms with E-state index in [0.717, 1.165) is 24.3 Å². The van der Waals surface area contributed by atoms with Crippen LogP contribution < -0.4 is 5.32 Å². The molecule has 0 amide bonds. The van der Waals surface area contributed by atoms with Gasteiger partial charge < -0.3 is 15.3 Å². The van der Waals surface area contributed by atoms with Crippen LogP contribution in [0, 0.1) is 11.8 Å². The van der Waals surface area contributed by atoms with Gasteiger partial charge in [-0.2, -0.15) is 0 Å². The van der Waals surface area contributed by atoms with E-state index in [9.17, 15) is 0 Å². The molecule has 3 heteroatoms. The summed E-state index contributed by atoms with van der Waals surface area (Å²) in [6.45, 7) is 4.24. The molecule has 0 spiro atoms. The van der Waals surface area contributed by atoms with Crippen molar-refractivity contribution in [2.75, 3.05) is 26.2 Å². The Hall–Kier alpha value is -0.120. The zero-order valence-corrected chi connectivity index (χ0v) is 12.9. The number of aliphatic hydroxyl groups is 1. The Balaban J connectivity index is 1.50. The van der Waals surface area contributed by atoms with Gasteiger partial charge in [-0.1, -0.05) is 12.8 Å². The molecule has 2 saturated carbocycles. The van der Waals surface area contributed by atoms with Crippen molar-refractivity contribution in [2.24, 2.45) is 11.8 Å². The summed E-state index contributed by atoms with van der Waals surface area (Å²) in [5.74, 6) is 1.80. The highest BCUT2D eigenvalue weighted by molar-refractivity contribution is 4.89. The molecule has 2 unspecified atom stereocenters. The normalized spacial score (nSPS) is 32.9. The number of hydrogen-bond acceptors (Lipinski definition) is 3. The Morgan fingerprint density at radius 2 is 1.75 bits per heavy atom. The molecule has 3 fully saturated rings. The monoisotopic (exact) mass is 280 g/mol. The van der Waals surface area contributed by atoms with Crippen molar-refractivity contribution < 1.29 is 5.11 Å². The minimum absolute atomic E-state index is 0.361. The van der Waals surface area contributed by atoms with Gasteiger partial charge in [-0.25, -0.2) is 0 Å². The number of nitrogens with one attached hydrogen (secondary N) is 1. The first-order chi connectivity index (χ1) is 9.83. The van der Waals surface area contributed by atoms with Crippen molar-refractivity contribution in [3.8, 4) is 0 Å². The van der Waals surface area contributed by atoms with Gasteiger partial charge in [0.2, 0.25) is 0 Å². The highest BCUT2D eigenvalue weighted by atomic mass is 16.2. The molecule has 1 heterocycles. The van der Waals surface area contributed by atoms with E-state index in [1.807, 2.05) is 0 Å². The van der Waals surface area contributed by atoms with E-state index in [1.165, 1.54) is 71.0 Å². The predicted molar refractivity (Wildman–Crippen MR) is 82.8 cm³/mol. The van der Waals surface area contributed by atoms with Crippen LogP contribution in [0.5, 0.6) is 0 Å². The molecule has 0 radical (unpaired) electrons. The second-order valence-corrected chi connectivity index (χ2v) is 7.47. The lowest BCUT2D eigenvalue weighted by atomic mass is 9.89. The zero-order valence-electron chi connectivity index (χ0n) is 12.9. The molecule has 2 aliphatic carbocycles. The van der Waals surface area contributed by atoms with Gasteiger partial charge >= 0.3 is 0 Å². The van der Waals surface area contributed by atoms with Crippen LogP contribution in [0.15, 0.2) is 0 Å². The van der Waals surface area contributed by atoms with Crippen molar-refractivity contribution in [3.05, 3.63) is 0 Å². The van der Waals surface area contributed by atoms with Crippen LogP contribution in [0.2, 0.25) is 0 Å². The Morgan fingerprint density at radius 1 is 0.950 bits per heavy atom. The van der Waals surface area contributed by atoms with Gasteiger partial charge in [0.05, 0.1) is 0 Å². The van der Waals surface area contributed by atoms with Crippen molar-refractivity contribution in [1.29, 1.82) is 0 Å². The summed E-state index contributed by atoms with van der Waals surface area (Å²) < 4.78 is 0. The summed E-state index contributed by atoms with van der Waals surface area (Å²) in [6.07, 6.45) is 12.1.